The van der Waals surface area contributed by atoms with Gasteiger partial charge >= 0.3 is 5.97 Å². The second-order valence-corrected chi connectivity index (χ2v) is 7.65. The summed E-state index contributed by atoms with van der Waals surface area (Å²) in [7, 11) is 0. The Bertz CT molecular complexity index is 673. The summed E-state index contributed by atoms with van der Waals surface area (Å²) in [4.78, 5) is 15.2. The van der Waals surface area contributed by atoms with Crippen LogP contribution in [0, 0.1) is 5.41 Å². The van der Waals surface area contributed by atoms with Gasteiger partial charge in [-0.25, -0.2) is 0 Å². The molecular weight excluding hydrogens is 322 g/mol. The van der Waals surface area contributed by atoms with Crippen molar-refractivity contribution in [2.24, 2.45) is 5.41 Å². The first-order valence-corrected chi connectivity index (χ1v) is 9.07. The predicted octanol–water partition coefficient (Wildman–Crippen LogP) is 3.83. The molecule has 128 valence electrons. The van der Waals surface area contributed by atoms with Gasteiger partial charge in [-0.15, -0.1) is 11.3 Å². The van der Waals surface area contributed by atoms with E-state index in [9.17, 15) is 9.90 Å². The van der Waals surface area contributed by atoms with E-state index >= 15 is 0 Å². The van der Waals surface area contributed by atoms with Crippen molar-refractivity contribution in [2.75, 3.05) is 31.2 Å². The van der Waals surface area contributed by atoms with E-state index in [1.54, 1.807) is 25.2 Å². The van der Waals surface area contributed by atoms with Gasteiger partial charge in [0.15, 0.2) is 0 Å². The number of aliphatic carboxylic acids is 1. The molecule has 5 heteroatoms. The van der Waals surface area contributed by atoms with E-state index in [-0.39, 0.29) is 5.92 Å². The molecule has 0 saturated carbocycles. The van der Waals surface area contributed by atoms with Gasteiger partial charge in [-0.1, -0.05) is 18.2 Å². The third kappa shape index (κ3) is 3.32. The maximum Gasteiger partial charge on any atom is 0.310 e. The second-order valence-electron chi connectivity index (χ2n) is 6.67. The van der Waals surface area contributed by atoms with Crippen molar-refractivity contribution in [2.45, 2.75) is 19.8 Å². The molecule has 0 aliphatic carbocycles. The lowest BCUT2D eigenvalue weighted by molar-refractivity contribution is -0.147. The largest absolute Gasteiger partial charge is 0.481 e. The van der Waals surface area contributed by atoms with Crippen molar-refractivity contribution in [3.05, 3.63) is 52.2 Å². The predicted molar refractivity (Wildman–Crippen MR) is 97.1 cm³/mol. The van der Waals surface area contributed by atoms with Crippen LogP contribution in [-0.4, -0.2) is 37.4 Å². The Morgan fingerprint density at radius 2 is 1.88 bits per heavy atom. The number of carbonyl (C=O) groups is 1. The van der Waals surface area contributed by atoms with Crippen LogP contribution in [0.4, 0.5) is 5.69 Å². The van der Waals surface area contributed by atoms with Crippen LogP contribution >= 0.6 is 11.3 Å². The van der Waals surface area contributed by atoms with Crippen molar-refractivity contribution in [3.63, 3.8) is 0 Å². The summed E-state index contributed by atoms with van der Waals surface area (Å²) in [6.07, 6.45) is 0. The van der Waals surface area contributed by atoms with Crippen LogP contribution < -0.4 is 4.90 Å². The fraction of sp³-hybridized carbons (Fsp3) is 0.421. The second kappa shape index (κ2) is 6.95. The first kappa shape index (κ1) is 17.0. The zero-order valence-electron chi connectivity index (χ0n) is 14.1. The summed E-state index contributed by atoms with van der Waals surface area (Å²) < 4.78 is 5.40. The Balaban J connectivity index is 1.92. The molecule has 0 spiro atoms. The zero-order chi connectivity index (χ0) is 17.2. The Kier molecular flexibility index (Phi) is 4.92. The minimum Gasteiger partial charge on any atom is -0.481 e. The van der Waals surface area contributed by atoms with Gasteiger partial charge in [0.2, 0.25) is 0 Å². The standard InChI is InChI=1S/C19H23NO3S/c1-19(2,18(21)22)17(16-4-3-13-24-16)14-5-7-15(8-6-14)20-9-11-23-12-10-20/h3-8,13,17H,9-12H2,1-2H3,(H,21,22). The summed E-state index contributed by atoms with van der Waals surface area (Å²) in [5.74, 6) is -0.938. The molecule has 1 aliphatic heterocycles. The zero-order valence-corrected chi connectivity index (χ0v) is 14.9. The van der Waals surface area contributed by atoms with Gasteiger partial charge in [0.05, 0.1) is 18.6 Å². The number of carboxylic acids is 1. The van der Waals surface area contributed by atoms with Gasteiger partial charge in [0.1, 0.15) is 0 Å². The first-order valence-electron chi connectivity index (χ1n) is 8.19. The average molecular weight is 345 g/mol. The summed E-state index contributed by atoms with van der Waals surface area (Å²) >= 11 is 1.61. The van der Waals surface area contributed by atoms with Crippen LogP contribution in [0.5, 0.6) is 0 Å². The van der Waals surface area contributed by atoms with E-state index in [0.717, 1.165) is 36.7 Å². The molecule has 4 nitrogen and oxygen atoms in total. The molecular formula is C19H23NO3S. The molecule has 1 unspecified atom stereocenters. The Morgan fingerprint density at radius 1 is 1.21 bits per heavy atom. The minimum absolute atomic E-state index is 0.159. The smallest absolute Gasteiger partial charge is 0.310 e. The number of morpholine rings is 1. The van der Waals surface area contributed by atoms with Crippen LogP contribution in [0.1, 0.15) is 30.2 Å². The highest BCUT2D eigenvalue weighted by atomic mass is 32.1. The van der Waals surface area contributed by atoms with E-state index in [1.165, 1.54) is 5.69 Å². The number of rotatable bonds is 5. The van der Waals surface area contributed by atoms with Crippen LogP contribution in [0.25, 0.3) is 0 Å². The van der Waals surface area contributed by atoms with Gasteiger partial charge in [0, 0.05) is 29.6 Å². The maximum absolute atomic E-state index is 11.8. The fourth-order valence-corrected chi connectivity index (χ4v) is 4.25. The number of anilines is 1. The molecule has 1 saturated heterocycles. The molecule has 1 aliphatic rings. The molecule has 1 aromatic carbocycles. The quantitative estimate of drug-likeness (QED) is 0.895. The van der Waals surface area contributed by atoms with Crippen molar-refractivity contribution < 1.29 is 14.6 Å². The molecule has 1 aromatic heterocycles. The number of hydrogen-bond acceptors (Lipinski definition) is 4. The van der Waals surface area contributed by atoms with Crippen molar-refractivity contribution >= 4 is 23.0 Å². The SMILES string of the molecule is CC(C)(C(=O)O)C(c1ccc(N2CCOCC2)cc1)c1cccs1. The van der Waals surface area contributed by atoms with E-state index in [2.05, 4.69) is 29.2 Å². The number of carboxylic acid groups (broad SMARTS) is 1. The van der Waals surface area contributed by atoms with Gasteiger partial charge < -0.3 is 14.7 Å². The maximum atomic E-state index is 11.8. The van der Waals surface area contributed by atoms with E-state index in [0.29, 0.717) is 0 Å². The van der Waals surface area contributed by atoms with Gasteiger partial charge in [-0.2, -0.15) is 0 Å². The molecule has 2 heterocycles. The first-order chi connectivity index (χ1) is 11.5. The average Bonchev–Trinajstić information content (AvgIpc) is 3.10. The highest BCUT2D eigenvalue weighted by Gasteiger charge is 2.39. The molecule has 1 N–H and O–H groups in total. The van der Waals surface area contributed by atoms with Gasteiger partial charge in [-0.05, 0) is 43.0 Å². The topological polar surface area (TPSA) is 49.8 Å². The number of nitrogens with zero attached hydrogens (tertiary/aromatic N) is 1. The summed E-state index contributed by atoms with van der Waals surface area (Å²) in [5, 5.41) is 11.7. The molecule has 2 aromatic rings. The molecule has 24 heavy (non-hydrogen) atoms. The molecule has 3 rings (SSSR count). The summed E-state index contributed by atoms with van der Waals surface area (Å²) in [6, 6.07) is 12.3. The van der Waals surface area contributed by atoms with Crippen LogP contribution in [0.2, 0.25) is 0 Å². The molecule has 1 fully saturated rings. The van der Waals surface area contributed by atoms with E-state index in [4.69, 9.17) is 4.74 Å². The highest BCUT2D eigenvalue weighted by molar-refractivity contribution is 7.10. The summed E-state index contributed by atoms with van der Waals surface area (Å²) in [6.45, 7) is 6.91. The lowest BCUT2D eigenvalue weighted by Crippen LogP contribution is -2.36. The van der Waals surface area contributed by atoms with Crippen molar-refractivity contribution in [1.29, 1.82) is 0 Å². The van der Waals surface area contributed by atoms with Crippen LogP contribution in [0.15, 0.2) is 41.8 Å². The number of ether oxygens (including phenoxy) is 1. The highest BCUT2D eigenvalue weighted by Crippen LogP contribution is 2.43. The molecule has 1 atom stereocenters. The number of benzene rings is 1. The van der Waals surface area contributed by atoms with Crippen LogP contribution in [0.3, 0.4) is 0 Å². The van der Waals surface area contributed by atoms with Gasteiger partial charge in [0.25, 0.3) is 0 Å². The normalized spacial score (nSPS) is 16.8. The summed E-state index contributed by atoms with van der Waals surface area (Å²) in [5.41, 5.74) is 1.34. The van der Waals surface area contributed by atoms with E-state index < -0.39 is 11.4 Å². The lowest BCUT2D eigenvalue weighted by atomic mass is 9.74. The van der Waals surface area contributed by atoms with Gasteiger partial charge in [-0.3, -0.25) is 4.79 Å². The third-order valence-corrected chi connectivity index (χ3v) is 5.64. The Hall–Kier alpha value is -1.85. The Morgan fingerprint density at radius 3 is 2.42 bits per heavy atom. The minimum atomic E-state index is -0.870. The molecule has 0 radical (unpaired) electrons. The monoisotopic (exact) mass is 345 g/mol. The fourth-order valence-electron chi connectivity index (χ4n) is 3.21. The lowest BCUT2D eigenvalue weighted by Gasteiger charge is -2.32. The molecule has 0 amide bonds. The van der Waals surface area contributed by atoms with E-state index in [1.807, 2.05) is 17.5 Å². The number of hydrogen-bond donors (Lipinski definition) is 1. The Labute approximate surface area is 146 Å². The third-order valence-electron chi connectivity index (χ3n) is 4.70. The van der Waals surface area contributed by atoms with Crippen molar-refractivity contribution in [1.82, 2.24) is 0 Å². The molecule has 0 bridgehead atoms. The number of thiophene rings is 1. The van der Waals surface area contributed by atoms with Crippen LogP contribution in [-0.2, 0) is 9.53 Å². The van der Waals surface area contributed by atoms with Crippen molar-refractivity contribution in [3.8, 4) is 0 Å².